The van der Waals surface area contributed by atoms with Gasteiger partial charge in [0.25, 0.3) is 0 Å². The first-order valence-corrected chi connectivity index (χ1v) is 6.61. The van der Waals surface area contributed by atoms with Crippen LogP contribution in [0, 0.1) is 13.8 Å². The molecule has 1 aromatic carbocycles. The molecule has 0 spiro atoms. The number of rotatable bonds is 2. The predicted octanol–water partition coefficient (Wildman–Crippen LogP) is 1.67. The van der Waals surface area contributed by atoms with Crippen molar-refractivity contribution in [1.82, 2.24) is 10.2 Å². The zero-order chi connectivity index (χ0) is 13.1. The summed E-state index contributed by atoms with van der Waals surface area (Å²) in [5.74, 6) is 0.183. The Morgan fingerprint density at radius 2 is 2.22 bits per heavy atom. The van der Waals surface area contributed by atoms with Crippen LogP contribution in [-0.2, 0) is 11.2 Å². The van der Waals surface area contributed by atoms with Gasteiger partial charge in [-0.1, -0.05) is 23.8 Å². The van der Waals surface area contributed by atoms with E-state index >= 15 is 0 Å². The van der Waals surface area contributed by atoms with Crippen LogP contribution in [0.5, 0.6) is 0 Å². The highest BCUT2D eigenvalue weighted by molar-refractivity contribution is 5.73. The molecule has 1 saturated heterocycles. The van der Waals surface area contributed by atoms with Crippen LogP contribution in [0.1, 0.15) is 23.6 Å². The average molecular weight is 246 g/mol. The molecule has 3 nitrogen and oxygen atoms in total. The van der Waals surface area contributed by atoms with Crippen LogP contribution < -0.4 is 5.32 Å². The Morgan fingerprint density at radius 3 is 2.94 bits per heavy atom. The maximum absolute atomic E-state index is 11.4. The number of hydrogen-bond acceptors (Lipinski definition) is 2. The molecule has 0 bridgehead atoms. The molecule has 1 heterocycles. The van der Waals surface area contributed by atoms with E-state index in [4.69, 9.17) is 0 Å². The van der Waals surface area contributed by atoms with Gasteiger partial charge in [-0.2, -0.15) is 0 Å². The topological polar surface area (TPSA) is 32.3 Å². The van der Waals surface area contributed by atoms with Crippen molar-refractivity contribution in [2.45, 2.75) is 33.2 Å². The molecular formula is C15H22N2O. The maximum atomic E-state index is 11.4. The van der Waals surface area contributed by atoms with Crippen molar-refractivity contribution in [1.29, 1.82) is 0 Å². The number of carbonyl (C=O) groups excluding carboxylic acids is 1. The Balaban J connectivity index is 2.04. The first kappa shape index (κ1) is 13.1. The van der Waals surface area contributed by atoms with E-state index < -0.39 is 0 Å². The number of amides is 1. The first-order valence-electron chi connectivity index (χ1n) is 6.61. The maximum Gasteiger partial charge on any atom is 0.219 e. The van der Waals surface area contributed by atoms with Gasteiger partial charge in [0, 0.05) is 32.6 Å². The third kappa shape index (κ3) is 3.10. The molecule has 2 rings (SSSR count). The van der Waals surface area contributed by atoms with E-state index in [0.29, 0.717) is 6.04 Å². The van der Waals surface area contributed by atoms with Gasteiger partial charge in [0.15, 0.2) is 0 Å². The highest BCUT2D eigenvalue weighted by atomic mass is 16.2. The van der Waals surface area contributed by atoms with E-state index in [2.05, 4.69) is 37.4 Å². The number of carbonyl (C=O) groups is 1. The van der Waals surface area contributed by atoms with Gasteiger partial charge in [0.2, 0.25) is 5.91 Å². The van der Waals surface area contributed by atoms with Crippen LogP contribution in [0.25, 0.3) is 0 Å². The van der Waals surface area contributed by atoms with Crippen LogP contribution >= 0.6 is 0 Å². The summed E-state index contributed by atoms with van der Waals surface area (Å²) in [6, 6.07) is 6.96. The highest BCUT2D eigenvalue weighted by Gasteiger charge is 2.21. The van der Waals surface area contributed by atoms with Crippen LogP contribution in [0.2, 0.25) is 0 Å². The summed E-state index contributed by atoms with van der Waals surface area (Å²) >= 11 is 0. The molecule has 1 atom stereocenters. The van der Waals surface area contributed by atoms with E-state index in [1.54, 1.807) is 6.92 Å². The fourth-order valence-corrected chi connectivity index (χ4v) is 2.53. The van der Waals surface area contributed by atoms with Crippen LogP contribution in [0.15, 0.2) is 18.2 Å². The molecule has 1 aliphatic rings. The lowest BCUT2D eigenvalue weighted by Gasteiger charge is -2.33. The first-order chi connectivity index (χ1) is 8.56. The molecule has 0 saturated carbocycles. The summed E-state index contributed by atoms with van der Waals surface area (Å²) in [6.07, 6.45) is 0.997. The van der Waals surface area contributed by atoms with Gasteiger partial charge < -0.3 is 10.2 Å². The SMILES string of the molecule is CC(=O)N1CCNC(Cc2cc(C)ccc2C)C1. The summed E-state index contributed by atoms with van der Waals surface area (Å²) in [5.41, 5.74) is 4.02. The molecule has 1 N–H and O–H groups in total. The molecule has 98 valence electrons. The van der Waals surface area contributed by atoms with Crippen LogP contribution in [-0.4, -0.2) is 36.5 Å². The summed E-state index contributed by atoms with van der Waals surface area (Å²) in [7, 11) is 0. The normalized spacial score (nSPS) is 19.9. The lowest BCUT2D eigenvalue weighted by Crippen LogP contribution is -2.52. The fraction of sp³-hybridized carbons (Fsp3) is 0.533. The van der Waals surface area contributed by atoms with Crippen molar-refractivity contribution in [2.24, 2.45) is 0 Å². The van der Waals surface area contributed by atoms with E-state index in [1.165, 1.54) is 16.7 Å². The van der Waals surface area contributed by atoms with Gasteiger partial charge in [-0.3, -0.25) is 4.79 Å². The van der Waals surface area contributed by atoms with Crippen molar-refractivity contribution in [2.75, 3.05) is 19.6 Å². The van der Waals surface area contributed by atoms with E-state index in [1.807, 2.05) is 4.90 Å². The summed E-state index contributed by atoms with van der Waals surface area (Å²) < 4.78 is 0. The lowest BCUT2D eigenvalue weighted by molar-refractivity contribution is -0.130. The average Bonchev–Trinajstić information content (AvgIpc) is 2.34. The highest BCUT2D eigenvalue weighted by Crippen LogP contribution is 2.14. The van der Waals surface area contributed by atoms with Crippen molar-refractivity contribution in [3.8, 4) is 0 Å². The number of piperazine rings is 1. The second-order valence-electron chi connectivity index (χ2n) is 5.25. The molecule has 0 aliphatic carbocycles. The zero-order valence-electron chi connectivity index (χ0n) is 11.5. The molecule has 1 amide bonds. The second-order valence-corrected chi connectivity index (χ2v) is 5.25. The molecular weight excluding hydrogens is 224 g/mol. The number of benzene rings is 1. The Morgan fingerprint density at radius 1 is 1.44 bits per heavy atom. The quantitative estimate of drug-likeness (QED) is 0.861. The number of aryl methyl sites for hydroxylation is 2. The van der Waals surface area contributed by atoms with Crippen molar-refractivity contribution >= 4 is 5.91 Å². The Labute approximate surface area is 109 Å². The molecule has 18 heavy (non-hydrogen) atoms. The fourth-order valence-electron chi connectivity index (χ4n) is 2.53. The van der Waals surface area contributed by atoms with Crippen LogP contribution in [0.4, 0.5) is 0 Å². The van der Waals surface area contributed by atoms with Gasteiger partial charge in [0.05, 0.1) is 0 Å². The van der Waals surface area contributed by atoms with Crippen molar-refractivity contribution in [3.63, 3.8) is 0 Å². The Bertz CT molecular complexity index is 442. The van der Waals surface area contributed by atoms with Gasteiger partial charge in [-0.15, -0.1) is 0 Å². The Hall–Kier alpha value is -1.35. The number of nitrogens with one attached hydrogen (secondary N) is 1. The van der Waals surface area contributed by atoms with Crippen molar-refractivity contribution < 1.29 is 4.79 Å². The van der Waals surface area contributed by atoms with Gasteiger partial charge in [0.1, 0.15) is 0 Å². The summed E-state index contributed by atoms with van der Waals surface area (Å²) in [6.45, 7) is 8.48. The van der Waals surface area contributed by atoms with Crippen molar-refractivity contribution in [3.05, 3.63) is 34.9 Å². The summed E-state index contributed by atoms with van der Waals surface area (Å²) in [5, 5.41) is 3.51. The molecule has 3 heteroatoms. The number of nitrogens with zero attached hydrogens (tertiary/aromatic N) is 1. The van der Waals surface area contributed by atoms with Gasteiger partial charge in [-0.05, 0) is 31.4 Å². The standard InChI is InChI=1S/C15H22N2O/c1-11-4-5-12(2)14(8-11)9-15-10-17(13(3)18)7-6-16-15/h4-5,8,15-16H,6-7,9-10H2,1-3H3. The smallest absolute Gasteiger partial charge is 0.219 e. The van der Waals surface area contributed by atoms with Gasteiger partial charge in [-0.25, -0.2) is 0 Å². The molecule has 0 aromatic heterocycles. The Kier molecular flexibility index (Phi) is 4.02. The second kappa shape index (κ2) is 5.53. The third-order valence-electron chi connectivity index (χ3n) is 3.67. The minimum absolute atomic E-state index is 0.183. The van der Waals surface area contributed by atoms with E-state index in [0.717, 1.165) is 26.1 Å². The molecule has 1 fully saturated rings. The summed E-state index contributed by atoms with van der Waals surface area (Å²) in [4.78, 5) is 13.4. The largest absolute Gasteiger partial charge is 0.340 e. The minimum atomic E-state index is 0.183. The monoisotopic (exact) mass is 246 g/mol. The van der Waals surface area contributed by atoms with E-state index in [-0.39, 0.29) is 5.91 Å². The van der Waals surface area contributed by atoms with Gasteiger partial charge >= 0.3 is 0 Å². The molecule has 0 radical (unpaired) electrons. The lowest BCUT2D eigenvalue weighted by atomic mass is 9.98. The molecule has 1 aromatic rings. The minimum Gasteiger partial charge on any atom is -0.340 e. The molecule has 1 aliphatic heterocycles. The molecule has 1 unspecified atom stereocenters. The van der Waals surface area contributed by atoms with Crippen LogP contribution in [0.3, 0.4) is 0 Å². The number of hydrogen-bond donors (Lipinski definition) is 1. The predicted molar refractivity (Wildman–Crippen MR) is 73.7 cm³/mol. The third-order valence-corrected chi connectivity index (χ3v) is 3.67. The van der Waals surface area contributed by atoms with E-state index in [9.17, 15) is 4.79 Å². The zero-order valence-corrected chi connectivity index (χ0v) is 11.5.